The third-order valence-corrected chi connectivity index (χ3v) is 5.38. The molecule has 21 heavy (non-hydrogen) atoms. The highest BCUT2D eigenvalue weighted by Gasteiger charge is 2.30. The van der Waals surface area contributed by atoms with Gasteiger partial charge in [-0.25, -0.2) is 17.2 Å². The van der Waals surface area contributed by atoms with Crippen LogP contribution in [0.25, 0.3) is 0 Å². The summed E-state index contributed by atoms with van der Waals surface area (Å²) in [6.07, 6.45) is 0.315. The molecule has 2 aromatic rings. The number of sulfone groups is 1. The molecule has 6 heteroatoms. The second-order valence-electron chi connectivity index (χ2n) is 4.97. The third kappa shape index (κ3) is 2.63. The van der Waals surface area contributed by atoms with E-state index in [0.717, 1.165) is 18.2 Å². The van der Waals surface area contributed by atoms with Crippen LogP contribution in [0, 0.1) is 11.6 Å². The molecular formula is C15H13F2NO2S. The molecule has 0 bridgehead atoms. The average Bonchev–Trinajstić information content (AvgIpc) is 2.46. The lowest BCUT2D eigenvalue weighted by molar-refractivity contribution is 0.572. The van der Waals surface area contributed by atoms with Crippen molar-refractivity contribution in [3.63, 3.8) is 0 Å². The molecule has 0 aliphatic carbocycles. The number of rotatable bonds is 2. The summed E-state index contributed by atoms with van der Waals surface area (Å²) in [6.45, 7) is 0. The van der Waals surface area contributed by atoms with Crippen LogP contribution in [0.3, 0.4) is 0 Å². The van der Waals surface area contributed by atoms with E-state index in [4.69, 9.17) is 0 Å². The average molecular weight is 309 g/mol. The van der Waals surface area contributed by atoms with Crippen molar-refractivity contribution in [2.75, 3.05) is 11.1 Å². The Kier molecular flexibility index (Phi) is 3.41. The topological polar surface area (TPSA) is 46.2 Å². The molecule has 1 aliphatic rings. The van der Waals surface area contributed by atoms with Crippen molar-refractivity contribution in [2.45, 2.75) is 17.4 Å². The summed E-state index contributed by atoms with van der Waals surface area (Å²) in [7, 11) is -3.29. The van der Waals surface area contributed by atoms with Gasteiger partial charge in [0.25, 0.3) is 0 Å². The van der Waals surface area contributed by atoms with Crippen LogP contribution in [0.2, 0.25) is 0 Å². The van der Waals surface area contributed by atoms with Crippen LogP contribution in [0.15, 0.2) is 47.4 Å². The fourth-order valence-electron chi connectivity index (χ4n) is 2.54. The molecule has 1 heterocycles. The van der Waals surface area contributed by atoms with Gasteiger partial charge in [0.2, 0.25) is 0 Å². The Morgan fingerprint density at radius 1 is 1.10 bits per heavy atom. The molecule has 0 spiro atoms. The van der Waals surface area contributed by atoms with Gasteiger partial charge in [0.1, 0.15) is 11.6 Å². The van der Waals surface area contributed by atoms with Gasteiger partial charge in [-0.05, 0) is 36.2 Å². The van der Waals surface area contributed by atoms with Crippen molar-refractivity contribution < 1.29 is 17.2 Å². The third-order valence-electron chi connectivity index (χ3n) is 3.56. The predicted molar refractivity (Wildman–Crippen MR) is 75.8 cm³/mol. The highest BCUT2D eigenvalue weighted by atomic mass is 32.2. The quantitative estimate of drug-likeness (QED) is 0.926. The molecule has 2 aromatic carbocycles. The number of nitrogens with one attached hydrogen (secondary N) is 1. The molecule has 0 amide bonds. The molecule has 3 nitrogen and oxygen atoms in total. The predicted octanol–water partition coefficient (Wildman–Crippen LogP) is 3.30. The lowest BCUT2D eigenvalue weighted by Crippen LogP contribution is -2.24. The summed E-state index contributed by atoms with van der Waals surface area (Å²) < 4.78 is 51.0. The van der Waals surface area contributed by atoms with E-state index >= 15 is 0 Å². The Morgan fingerprint density at radius 3 is 2.67 bits per heavy atom. The highest BCUT2D eigenvalue weighted by Crippen LogP contribution is 2.34. The molecule has 1 aliphatic heterocycles. The number of anilines is 1. The van der Waals surface area contributed by atoms with Crippen molar-refractivity contribution in [3.05, 3.63) is 59.7 Å². The van der Waals surface area contributed by atoms with Gasteiger partial charge in [-0.1, -0.05) is 18.2 Å². The summed E-state index contributed by atoms with van der Waals surface area (Å²) in [5.41, 5.74) is 0.626. The van der Waals surface area contributed by atoms with Gasteiger partial charge in [-0.3, -0.25) is 0 Å². The molecule has 3 rings (SSSR count). The minimum atomic E-state index is -3.29. The zero-order valence-corrected chi connectivity index (χ0v) is 11.8. The van der Waals surface area contributed by atoms with Gasteiger partial charge >= 0.3 is 0 Å². The summed E-state index contributed by atoms with van der Waals surface area (Å²) in [5.74, 6) is -1.13. The van der Waals surface area contributed by atoms with Crippen molar-refractivity contribution in [2.24, 2.45) is 0 Å². The van der Waals surface area contributed by atoms with Gasteiger partial charge in [0.15, 0.2) is 9.84 Å². The molecule has 0 radical (unpaired) electrons. The summed E-state index contributed by atoms with van der Waals surface area (Å²) >= 11 is 0. The van der Waals surface area contributed by atoms with Crippen LogP contribution in [-0.2, 0) is 9.84 Å². The summed E-state index contributed by atoms with van der Waals surface area (Å²) in [4.78, 5) is 0.255. The normalized spacial score (nSPS) is 19.8. The largest absolute Gasteiger partial charge is 0.376 e. The minimum Gasteiger partial charge on any atom is -0.376 e. The van der Waals surface area contributed by atoms with Crippen molar-refractivity contribution in [3.8, 4) is 0 Å². The van der Waals surface area contributed by atoms with E-state index in [1.165, 1.54) is 0 Å². The van der Waals surface area contributed by atoms with E-state index in [2.05, 4.69) is 5.32 Å². The van der Waals surface area contributed by atoms with Crippen molar-refractivity contribution >= 4 is 15.5 Å². The Bertz CT molecular complexity index is 790. The van der Waals surface area contributed by atoms with Gasteiger partial charge < -0.3 is 5.32 Å². The second-order valence-corrected chi connectivity index (χ2v) is 7.04. The van der Waals surface area contributed by atoms with Crippen LogP contribution in [0.4, 0.5) is 14.5 Å². The van der Waals surface area contributed by atoms with E-state index in [1.54, 1.807) is 24.3 Å². The van der Waals surface area contributed by atoms with E-state index < -0.39 is 21.5 Å². The zero-order chi connectivity index (χ0) is 15.0. The van der Waals surface area contributed by atoms with E-state index in [0.29, 0.717) is 12.0 Å². The van der Waals surface area contributed by atoms with Gasteiger partial charge in [0.05, 0.1) is 22.4 Å². The molecule has 0 saturated heterocycles. The molecular weight excluding hydrogens is 296 g/mol. The van der Waals surface area contributed by atoms with Crippen molar-refractivity contribution in [1.82, 2.24) is 0 Å². The standard InChI is InChI=1S/C15H13F2NO2S/c16-10-5-6-12(17)14(9-10)18-13-7-8-21(19,20)15-4-2-1-3-11(13)15/h1-6,9,13,18H,7-8H2. The maximum Gasteiger partial charge on any atom is 0.178 e. The maximum absolute atomic E-state index is 13.7. The Balaban J connectivity index is 1.99. The second kappa shape index (κ2) is 5.11. The monoisotopic (exact) mass is 309 g/mol. The number of hydrogen-bond donors (Lipinski definition) is 1. The summed E-state index contributed by atoms with van der Waals surface area (Å²) in [5, 5.41) is 2.90. The number of hydrogen-bond acceptors (Lipinski definition) is 3. The van der Waals surface area contributed by atoms with Crippen LogP contribution in [0.1, 0.15) is 18.0 Å². The first-order valence-corrected chi connectivity index (χ1v) is 8.16. The minimum absolute atomic E-state index is 0.0153. The number of benzene rings is 2. The fraction of sp³-hybridized carbons (Fsp3) is 0.200. The zero-order valence-electron chi connectivity index (χ0n) is 11.0. The number of fused-ring (bicyclic) bond motifs is 1. The summed E-state index contributed by atoms with van der Waals surface area (Å²) in [6, 6.07) is 9.42. The Hall–Kier alpha value is -1.95. The Morgan fingerprint density at radius 2 is 1.86 bits per heavy atom. The molecule has 0 saturated carbocycles. The SMILES string of the molecule is O=S1(=O)CCC(Nc2cc(F)ccc2F)c2ccccc21. The van der Waals surface area contributed by atoms with Crippen LogP contribution < -0.4 is 5.32 Å². The molecule has 110 valence electrons. The number of halogens is 2. The lowest BCUT2D eigenvalue weighted by Gasteiger charge is -2.27. The lowest BCUT2D eigenvalue weighted by atomic mass is 10.0. The molecule has 0 aromatic heterocycles. The van der Waals surface area contributed by atoms with Crippen LogP contribution >= 0.6 is 0 Å². The molecule has 0 fully saturated rings. The van der Waals surface area contributed by atoms with Crippen LogP contribution in [-0.4, -0.2) is 14.2 Å². The first-order valence-electron chi connectivity index (χ1n) is 6.51. The van der Waals surface area contributed by atoms with E-state index in [-0.39, 0.29) is 22.4 Å². The van der Waals surface area contributed by atoms with E-state index in [9.17, 15) is 17.2 Å². The first-order chi connectivity index (χ1) is 9.97. The van der Waals surface area contributed by atoms with Gasteiger partial charge in [-0.2, -0.15) is 0 Å². The smallest absolute Gasteiger partial charge is 0.178 e. The molecule has 1 unspecified atom stereocenters. The van der Waals surface area contributed by atoms with Crippen LogP contribution in [0.5, 0.6) is 0 Å². The highest BCUT2D eigenvalue weighted by molar-refractivity contribution is 7.91. The first kappa shape index (κ1) is 14.0. The molecule has 1 N–H and O–H groups in total. The van der Waals surface area contributed by atoms with Gasteiger partial charge in [0, 0.05) is 0 Å². The van der Waals surface area contributed by atoms with Crippen molar-refractivity contribution in [1.29, 1.82) is 0 Å². The molecule has 1 atom stereocenters. The maximum atomic E-state index is 13.7. The van der Waals surface area contributed by atoms with E-state index in [1.807, 2.05) is 0 Å². The fourth-order valence-corrected chi connectivity index (χ4v) is 4.16. The van der Waals surface area contributed by atoms with Gasteiger partial charge in [-0.15, -0.1) is 0 Å². The Labute approximate surface area is 121 Å².